The quantitative estimate of drug-likeness (QED) is 0.595. The molecule has 2 unspecified atom stereocenters. The van der Waals surface area contributed by atoms with Crippen LogP contribution >= 0.6 is 0 Å². The zero-order chi connectivity index (χ0) is 9.35. The third kappa shape index (κ3) is 1.17. The van der Waals surface area contributed by atoms with E-state index in [9.17, 15) is 9.59 Å². The number of carbonyl (C=O) groups is 2. The van der Waals surface area contributed by atoms with E-state index < -0.39 is 11.5 Å². The maximum atomic E-state index is 10.8. The van der Waals surface area contributed by atoms with Crippen molar-refractivity contribution in [3.8, 4) is 0 Å². The van der Waals surface area contributed by atoms with Gasteiger partial charge in [-0.2, -0.15) is 0 Å². The van der Waals surface area contributed by atoms with E-state index in [-0.39, 0.29) is 5.92 Å². The molecule has 0 saturated heterocycles. The van der Waals surface area contributed by atoms with Crippen molar-refractivity contribution in [1.82, 2.24) is 5.32 Å². The van der Waals surface area contributed by atoms with Gasteiger partial charge in [-0.1, -0.05) is 13.8 Å². The normalized spacial score (nSPS) is 33.1. The molecule has 4 heteroatoms. The second-order valence-electron chi connectivity index (χ2n) is 3.59. The van der Waals surface area contributed by atoms with E-state index in [4.69, 9.17) is 5.11 Å². The van der Waals surface area contributed by atoms with Crippen LogP contribution in [0.4, 0.5) is 0 Å². The fraction of sp³-hybridized carbons (Fsp3) is 0.750. The summed E-state index contributed by atoms with van der Waals surface area (Å²) in [7, 11) is 0. The lowest BCUT2D eigenvalue weighted by Crippen LogP contribution is -2.41. The summed E-state index contributed by atoms with van der Waals surface area (Å²) in [5.41, 5.74) is -0.962. The van der Waals surface area contributed by atoms with Gasteiger partial charge in [-0.25, -0.2) is 4.79 Å². The summed E-state index contributed by atoms with van der Waals surface area (Å²) in [5, 5.41) is 11.2. The van der Waals surface area contributed by atoms with Crippen LogP contribution in [0.3, 0.4) is 0 Å². The molecular formula is C8H13NO3. The topological polar surface area (TPSA) is 66.4 Å². The minimum absolute atomic E-state index is 0.0835. The van der Waals surface area contributed by atoms with Crippen LogP contribution < -0.4 is 5.32 Å². The fourth-order valence-electron chi connectivity index (χ4n) is 1.67. The predicted octanol–water partition coefficient (Wildman–Crippen LogP) is 0.232. The molecule has 0 heterocycles. The van der Waals surface area contributed by atoms with Gasteiger partial charge in [0.1, 0.15) is 5.54 Å². The predicted molar refractivity (Wildman–Crippen MR) is 42.5 cm³/mol. The van der Waals surface area contributed by atoms with Crippen molar-refractivity contribution >= 4 is 12.4 Å². The smallest absolute Gasteiger partial charge is 0.329 e. The maximum absolute atomic E-state index is 10.8. The molecule has 68 valence electrons. The summed E-state index contributed by atoms with van der Waals surface area (Å²) in [4.78, 5) is 20.9. The van der Waals surface area contributed by atoms with Gasteiger partial charge in [0, 0.05) is 0 Å². The monoisotopic (exact) mass is 171 g/mol. The van der Waals surface area contributed by atoms with E-state index >= 15 is 0 Å². The van der Waals surface area contributed by atoms with Gasteiger partial charge in [-0.15, -0.1) is 0 Å². The Bertz CT molecular complexity index is 214. The lowest BCUT2D eigenvalue weighted by atomic mass is 10.0. The SMILES string of the molecule is CC(C)C1CC1(NC=O)C(=O)O. The first-order valence-electron chi connectivity index (χ1n) is 3.99. The molecule has 1 amide bonds. The van der Waals surface area contributed by atoms with Gasteiger partial charge < -0.3 is 10.4 Å². The van der Waals surface area contributed by atoms with E-state index in [0.29, 0.717) is 18.7 Å². The van der Waals surface area contributed by atoms with Crippen LogP contribution in [0.1, 0.15) is 20.3 Å². The second-order valence-corrected chi connectivity index (χ2v) is 3.59. The molecule has 12 heavy (non-hydrogen) atoms. The van der Waals surface area contributed by atoms with Gasteiger partial charge in [0.2, 0.25) is 6.41 Å². The number of carbonyl (C=O) groups excluding carboxylic acids is 1. The molecule has 1 fully saturated rings. The molecule has 1 aliphatic rings. The van der Waals surface area contributed by atoms with Crippen molar-refractivity contribution in [2.24, 2.45) is 11.8 Å². The first kappa shape index (κ1) is 9.03. The fourth-order valence-corrected chi connectivity index (χ4v) is 1.67. The van der Waals surface area contributed by atoms with Crippen molar-refractivity contribution in [3.63, 3.8) is 0 Å². The van der Waals surface area contributed by atoms with Gasteiger partial charge in [-0.3, -0.25) is 4.79 Å². The Hall–Kier alpha value is -1.06. The molecule has 1 saturated carbocycles. The van der Waals surface area contributed by atoms with E-state index in [2.05, 4.69) is 5.32 Å². The van der Waals surface area contributed by atoms with Gasteiger partial charge in [-0.05, 0) is 18.3 Å². The van der Waals surface area contributed by atoms with Gasteiger partial charge in [0.15, 0.2) is 0 Å². The van der Waals surface area contributed by atoms with Crippen LogP contribution in [-0.4, -0.2) is 23.0 Å². The molecule has 1 rings (SSSR count). The van der Waals surface area contributed by atoms with E-state index in [1.165, 1.54) is 0 Å². The molecule has 0 aromatic heterocycles. The Balaban J connectivity index is 2.68. The minimum Gasteiger partial charge on any atom is -0.479 e. The molecule has 0 aliphatic heterocycles. The van der Waals surface area contributed by atoms with Crippen molar-refractivity contribution in [1.29, 1.82) is 0 Å². The lowest BCUT2D eigenvalue weighted by Gasteiger charge is -2.12. The molecule has 2 atom stereocenters. The van der Waals surface area contributed by atoms with Gasteiger partial charge in [0.05, 0.1) is 0 Å². The van der Waals surface area contributed by atoms with Crippen LogP contribution in [0.15, 0.2) is 0 Å². The Kier molecular flexibility index (Phi) is 2.08. The molecule has 0 bridgehead atoms. The first-order chi connectivity index (χ1) is 5.54. The summed E-state index contributed by atoms with van der Waals surface area (Å²) in [6, 6.07) is 0. The van der Waals surface area contributed by atoms with Crippen LogP contribution in [0, 0.1) is 11.8 Å². The number of hydrogen-bond acceptors (Lipinski definition) is 2. The Morgan fingerprint density at radius 2 is 2.33 bits per heavy atom. The van der Waals surface area contributed by atoms with Gasteiger partial charge in [0.25, 0.3) is 0 Å². The molecule has 0 aromatic rings. The highest BCUT2D eigenvalue weighted by Crippen LogP contribution is 2.48. The Morgan fingerprint density at radius 1 is 1.75 bits per heavy atom. The first-order valence-corrected chi connectivity index (χ1v) is 3.99. The molecule has 0 aromatic carbocycles. The Labute approximate surface area is 71.0 Å². The molecule has 0 radical (unpaired) electrons. The van der Waals surface area contributed by atoms with E-state index in [1.807, 2.05) is 13.8 Å². The van der Waals surface area contributed by atoms with Crippen LogP contribution in [0.2, 0.25) is 0 Å². The number of carboxylic acids is 1. The third-order valence-electron chi connectivity index (χ3n) is 2.52. The number of rotatable bonds is 4. The van der Waals surface area contributed by atoms with Crippen molar-refractivity contribution in [3.05, 3.63) is 0 Å². The third-order valence-corrected chi connectivity index (χ3v) is 2.52. The summed E-state index contributed by atoms with van der Waals surface area (Å²) in [6.45, 7) is 3.92. The molecule has 2 N–H and O–H groups in total. The highest BCUT2D eigenvalue weighted by molar-refractivity contribution is 5.85. The van der Waals surface area contributed by atoms with Crippen molar-refractivity contribution in [2.75, 3.05) is 0 Å². The number of nitrogens with one attached hydrogen (secondary N) is 1. The minimum atomic E-state index is -0.962. The number of aliphatic carboxylic acids is 1. The maximum Gasteiger partial charge on any atom is 0.329 e. The standard InChI is InChI=1S/C8H13NO3/c1-5(2)6-3-8(6,7(11)12)9-4-10/h4-6H,3H2,1-2H3,(H,9,10)(H,11,12). The van der Waals surface area contributed by atoms with E-state index in [1.54, 1.807) is 0 Å². The molecule has 1 aliphatic carbocycles. The van der Waals surface area contributed by atoms with Crippen LogP contribution in [-0.2, 0) is 9.59 Å². The van der Waals surface area contributed by atoms with E-state index in [0.717, 1.165) is 0 Å². The molecule has 0 spiro atoms. The summed E-state index contributed by atoms with van der Waals surface area (Å²) in [6.07, 6.45) is 1.02. The summed E-state index contributed by atoms with van der Waals surface area (Å²) < 4.78 is 0. The molecule has 4 nitrogen and oxygen atoms in total. The second kappa shape index (κ2) is 2.77. The average molecular weight is 171 g/mol. The van der Waals surface area contributed by atoms with Gasteiger partial charge >= 0.3 is 5.97 Å². The lowest BCUT2D eigenvalue weighted by molar-refractivity contribution is -0.142. The number of amides is 1. The zero-order valence-electron chi connectivity index (χ0n) is 7.20. The van der Waals surface area contributed by atoms with Crippen LogP contribution in [0.25, 0.3) is 0 Å². The summed E-state index contributed by atoms with van der Waals surface area (Å²) in [5.74, 6) is -0.540. The zero-order valence-corrected chi connectivity index (χ0v) is 7.20. The largest absolute Gasteiger partial charge is 0.479 e. The molecular weight excluding hydrogens is 158 g/mol. The number of hydrogen-bond donors (Lipinski definition) is 2. The van der Waals surface area contributed by atoms with Crippen molar-refractivity contribution < 1.29 is 14.7 Å². The highest BCUT2D eigenvalue weighted by Gasteiger charge is 2.61. The van der Waals surface area contributed by atoms with Crippen LogP contribution in [0.5, 0.6) is 0 Å². The van der Waals surface area contributed by atoms with Crippen molar-refractivity contribution in [2.45, 2.75) is 25.8 Å². The average Bonchev–Trinajstić information content (AvgIpc) is 2.65. The number of carboxylic acid groups (broad SMARTS) is 1. The summed E-state index contributed by atoms with van der Waals surface area (Å²) >= 11 is 0. The Morgan fingerprint density at radius 3 is 2.58 bits per heavy atom. The highest BCUT2D eigenvalue weighted by atomic mass is 16.4.